The van der Waals surface area contributed by atoms with E-state index in [9.17, 15) is 4.57 Å². The third-order valence-corrected chi connectivity index (χ3v) is 1.04. The van der Waals surface area contributed by atoms with Gasteiger partial charge in [0.2, 0.25) is 0 Å². The lowest BCUT2D eigenvalue weighted by Crippen LogP contribution is -1.98. The standard InChI is InChI=1S/C3H8NO5P/c1-4-8-2-3-9-10(5,6)7/h1-3H2,(H2,5,6,7). The van der Waals surface area contributed by atoms with Crippen molar-refractivity contribution in [3.63, 3.8) is 0 Å². The Morgan fingerprint density at radius 1 is 1.50 bits per heavy atom. The predicted octanol–water partition coefficient (Wildman–Crippen LogP) is -0.272. The summed E-state index contributed by atoms with van der Waals surface area (Å²) in [5, 5.41) is 2.97. The first-order valence-electron chi connectivity index (χ1n) is 2.34. The molecule has 0 aliphatic heterocycles. The van der Waals surface area contributed by atoms with Gasteiger partial charge in [-0.15, -0.1) is 5.16 Å². The Morgan fingerprint density at radius 2 is 2.10 bits per heavy atom. The summed E-state index contributed by atoms with van der Waals surface area (Å²) in [5.74, 6) is 0. The molecule has 2 N–H and O–H groups in total. The van der Waals surface area contributed by atoms with Crippen LogP contribution in [0.3, 0.4) is 0 Å². The molecule has 0 spiro atoms. The van der Waals surface area contributed by atoms with Gasteiger partial charge in [0, 0.05) is 6.72 Å². The maximum atomic E-state index is 9.96. The van der Waals surface area contributed by atoms with E-state index in [4.69, 9.17) is 9.79 Å². The predicted molar refractivity (Wildman–Crippen MR) is 33.5 cm³/mol. The normalized spacial score (nSPS) is 11.0. The van der Waals surface area contributed by atoms with Crippen molar-refractivity contribution in [2.24, 2.45) is 5.16 Å². The molecule has 0 unspecified atom stereocenters. The molecule has 7 heteroatoms. The lowest BCUT2D eigenvalue weighted by molar-refractivity contribution is 0.0923. The van der Waals surface area contributed by atoms with Gasteiger partial charge >= 0.3 is 7.82 Å². The molecule has 10 heavy (non-hydrogen) atoms. The molecule has 0 aromatic heterocycles. The monoisotopic (exact) mass is 169 g/mol. The van der Waals surface area contributed by atoms with E-state index in [1.165, 1.54) is 0 Å². The molecule has 0 heterocycles. The Bertz CT molecular complexity index is 142. The summed E-state index contributed by atoms with van der Waals surface area (Å²) in [6.45, 7) is 2.75. The van der Waals surface area contributed by atoms with Gasteiger partial charge < -0.3 is 14.6 Å². The Balaban J connectivity index is 3.20. The van der Waals surface area contributed by atoms with E-state index in [-0.39, 0.29) is 13.2 Å². The Hall–Kier alpha value is -0.420. The van der Waals surface area contributed by atoms with Crippen LogP contribution in [0.15, 0.2) is 5.16 Å². The first kappa shape index (κ1) is 9.58. The lowest BCUT2D eigenvalue weighted by Gasteiger charge is -2.02. The van der Waals surface area contributed by atoms with Crippen LogP contribution in [-0.2, 0) is 13.9 Å². The highest BCUT2D eigenvalue weighted by Crippen LogP contribution is 2.35. The molecule has 0 amide bonds. The maximum absolute atomic E-state index is 9.96. The largest absolute Gasteiger partial charge is 0.469 e. The summed E-state index contributed by atoms with van der Waals surface area (Å²) < 4.78 is 14.0. The van der Waals surface area contributed by atoms with Crippen LogP contribution in [0.25, 0.3) is 0 Å². The maximum Gasteiger partial charge on any atom is 0.469 e. The number of hydrogen-bond donors (Lipinski definition) is 2. The van der Waals surface area contributed by atoms with Gasteiger partial charge in [0.1, 0.15) is 6.61 Å². The summed E-state index contributed by atoms with van der Waals surface area (Å²) in [6, 6.07) is 0. The van der Waals surface area contributed by atoms with E-state index >= 15 is 0 Å². The molecule has 0 bridgehead atoms. The second-order valence-corrected chi connectivity index (χ2v) is 2.53. The molecular weight excluding hydrogens is 161 g/mol. The second-order valence-electron chi connectivity index (χ2n) is 1.29. The van der Waals surface area contributed by atoms with Crippen molar-refractivity contribution in [3.05, 3.63) is 0 Å². The number of hydrogen-bond acceptors (Lipinski definition) is 4. The lowest BCUT2D eigenvalue weighted by atomic mass is 10.8. The molecular formula is C3H8NO5P. The van der Waals surface area contributed by atoms with E-state index < -0.39 is 7.82 Å². The first-order chi connectivity index (χ1) is 4.56. The highest BCUT2D eigenvalue weighted by Gasteiger charge is 2.12. The van der Waals surface area contributed by atoms with Gasteiger partial charge in [-0.3, -0.25) is 4.52 Å². The van der Waals surface area contributed by atoms with Crippen LogP contribution in [0, 0.1) is 0 Å². The minimum Gasteiger partial charge on any atom is -0.394 e. The average Bonchev–Trinajstić information content (AvgIpc) is 1.78. The second kappa shape index (κ2) is 4.40. The number of phosphoric acid groups is 1. The summed E-state index contributed by atoms with van der Waals surface area (Å²) >= 11 is 0. The van der Waals surface area contributed by atoms with Gasteiger partial charge in [-0.25, -0.2) is 4.57 Å². The Labute approximate surface area is 57.7 Å². The van der Waals surface area contributed by atoms with Gasteiger partial charge in [0.05, 0.1) is 6.61 Å². The number of rotatable bonds is 5. The molecule has 0 radical (unpaired) electrons. The molecule has 0 aliphatic rings. The molecule has 0 saturated heterocycles. The molecule has 0 aliphatic carbocycles. The molecule has 0 rings (SSSR count). The van der Waals surface area contributed by atoms with Crippen molar-refractivity contribution in [1.29, 1.82) is 0 Å². The van der Waals surface area contributed by atoms with Crippen molar-refractivity contribution in [2.45, 2.75) is 0 Å². The van der Waals surface area contributed by atoms with Crippen molar-refractivity contribution >= 4 is 14.5 Å². The van der Waals surface area contributed by atoms with Crippen LogP contribution in [0.1, 0.15) is 0 Å². The van der Waals surface area contributed by atoms with Crippen LogP contribution in [0.4, 0.5) is 0 Å². The number of oxime groups is 1. The van der Waals surface area contributed by atoms with Crippen molar-refractivity contribution in [3.8, 4) is 0 Å². The Morgan fingerprint density at radius 3 is 2.50 bits per heavy atom. The summed E-state index contributed by atoms with van der Waals surface area (Å²) in [7, 11) is -4.35. The Kier molecular flexibility index (Phi) is 4.22. The topological polar surface area (TPSA) is 88.4 Å². The van der Waals surface area contributed by atoms with E-state index in [1.807, 2.05) is 0 Å². The van der Waals surface area contributed by atoms with Gasteiger partial charge in [-0.05, 0) is 0 Å². The molecule has 0 aromatic carbocycles. The molecule has 0 fully saturated rings. The SMILES string of the molecule is C=NOCCOP(=O)(O)O. The fraction of sp³-hybridized carbons (Fsp3) is 0.667. The highest BCUT2D eigenvalue weighted by atomic mass is 31.2. The smallest absolute Gasteiger partial charge is 0.394 e. The van der Waals surface area contributed by atoms with Gasteiger partial charge in [-0.2, -0.15) is 0 Å². The van der Waals surface area contributed by atoms with Crippen molar-refractivity contribution in [2.75, 3.05) is 13.2 Å². The van der Waals surface area contributed by atoms with Crippen molar-refractivity contribution < 1.29 is 23.7 Å². The van der Waals surface area contributed by atoms with E-state index in [2.05, 4.69) is 21.2 Å². The quantitative estimate of drug-likeness (QED) is 0.256. The van der Waals surface area contributed by atoms with Gasteiger partial charge in [0.25, 0.3) is 0 Å². The molecule has 0 aromatic rings. The van der Waals surface area contributed by atoms with E-state index in [0.717, 1.165) is 0 Å². The third kappa shape index (κ3) is 7.58. The minimum absolute atomic E-state index is 0.0192. The van der Waals surface area contributed by atoms with Crippen LogP contribution >= 0.6 is 7.82 Å². The molecule has 6 nitrogen and oxygen atoms in total. The molecule has 0 atom stereocenters. The third-order valence-electron chi connectivity index (χ3n) is 0.525. The number of phosphoric ester groups is 1. The summed E-state index contributed by atoms with van der Waals surface area (Å²) in [6.07, 6.45) is 0. The minimum atomic E-state index is -4.35. The fourth-order valence-electron chi connectivity index (χ4n) is 0.258. The van der Waals surface area contributed by atoms with Crippen LogP contribution < -0.4 is 0 Å². The fourth-order valence-corrected chi connectivity index (χ4v) is 0.570. The zero-order valence-corrected chi connectivity index (χ0v) is 6.03. The van der Waals surface area contributed by atoms with Crippen LogP contribution in [0.2, 0.25) is 0 Å². The van der Waals surface area contributed by atoms with Gasteiger partial charge in [-0.1, -0.05) is 0 Å². The van der Waals surface area contributed by atoms with E-state index in [1.54, 1.807) is 0 Å². The first-order valence-corrected chi connectivity index (χ1v) is 3.87. The average molecular weight is 169 g/mol. The molecule has 60 valence electrons. The molecule has 0 saturated carbocycles. The van der Waals surface area contributed by atoms with Gasteiger partial charge in [0.15, 0.2) is 0 Å². The van der Waals surface area contributed by atoms with Crippen molar-refractivity contribution in [1.82, 2.24) is 0 Å². The highest BCUT2D eigenvalue weighted by molar-refractivity contribution is 7.46. The summed E-state index contributed by atoms with van der Waals surface area (Å²) in [5.41, 5.74) is 0. The van der Waals surface area contributed by atoms with Crippen LogP contribution in [0.5, 0.6) is 0 Å². The zero-order valence-electron chi connectivity index (χ0n) is 5.13. The zero-order chi connectivity index (χ0) is 8.04. The van der Waals surface area contributed by atoms with E-state index in [0.29, 0.717) is 0 Å². The summed E-state index contributed by atoms with van der Waals surface area (Å²) in [4.78, 5) is 20.5. The number of nitrogens with zero attached hydrogens (tertiary/aromatic N) is 1. The van der Waals surface area contributed by atoms with Crippen LogP contribution in [-0.4, -0.2) is 29.7 Å².